The second-order valence-electron chi connectivity index (χ2n) is 3.64. The molecule has 0 aromatic heterocycles. The molecule has 2 unspecified atom stereocenters. The van der Waals surface area contributed by atoms with E-state index in [0.717, 1.165) is 6.42 Å². The molecule has 1 N–H and O–H groups in total. The zero-order valence-corrected chi connectivity index (χ0v) is 11.9. The van der Waals surface area contributed by atoms with Crippen molar-refractivity contribution in [3.05, 3.63) is 0 Å². The largest absolute Gasteiger partial charge is 1.00 e. The maximum Gasteiger partial charge on any atom is 1.00 e. The van der Waals surface area contributed by atoms with Gasteiger partial charge in [0.15, 0.2) is 4.93 Å². The number of ether oxygens (including phenoxy) is 1. The summed E-state index contributed by atoms with van der Waals surface area (Å²) in [7, 11) is -4.65. The second kappa shape index (κ2) is 5.95. The van der Waals surface area contributed by atoms with Gasteiger partial charge in [-0.3, -0.25) is 0 Å². The van der Waals surface area contributed by atoms with Crippen LogP contribution in [0, 0.1) is 0 Å². The van der Waals surface area contributed by atoms with Crippen molar-refractivity contribution in [2.75, 3.05) is 6.61 Å². The van der Waals surface area contributed by atoms with Crippen molar-refractivity contribution in [3.63, 3.8) is 0 Å². The van der Waals surface area contributed by atoms with Gasteiger partial charge in [0.2, 0.25) is 0 Å². The summed E-state index contributed by atoms with van der Waals surface area (Å²) >= 11 is 0. The first-order chi connectivity index (χ1) is 6.39. The third kappa shape index (κ3) is 3.96. The van der Waals surface area contributed by atoms with Gasteiger partial charge in [0.05, 0.1) is 12.7 Å². The standard InChI is InChI=1S/C8H16O5S.Na/c1-2-3-7-6-8(9,4-5-13-7)14(10,11)12;/h7,9H,2-6H2,1H3,(H,10,11,12);/q;+1/p-1. The molecule has 15 heavy (non-hydrogen) atoms. The molecule has 1 fully saturated rings. The van der Waals surface area contributed by atoms with Gasteiger partial charge in [-0.15, -0.1) is 0 Å². The molecule has 1 aliphatic heterocycles. The molecule has 0 aliphatic carbocycles. The first-order valence-corrected chi connectivity index (χ1v) is 6.09. The second-order valence-corrected chi connectivity index (χ2v) is 5.30. The molecule has 0 aromatic rings. The Kier molecular flexibility index (Phi) is 6.28. The summed E-state index contributed by atoms with van der Waals surface area (Å²) in [6, 6.07) is 0. The van der Waals surface area contributed by atoms with Crippen molar-refractivity contribution in [2.45, 2.75) is 43.6 Å². The van der Waals surface area contributed by atoms with Crippen LogP contribution in [-0.4, -0.2) is 35.7 Å². The van der Waals surface area contributed by atoms with Gasteiger partial charge in [-0.25, -0.2) is 8.42 Å². The summed E-state index contributed by atoms with van der Waals surface area (Å²) in [5.41, 5.74) is 0. The van der Waals surface area contributed by atoms with Gasteiger partial charge in [-0.05, 0) is 6.42 Å². The fourth-order valence-corrected chi connectivity index (χ4v) is 2.36. The topological polar surface area (TPSA) is 86.7 Å². The maximum absolute atomic E-state index is 10.8. The molecule has 0 saturated carbocycles. The number of aliphatic hydroxyl groups is 1. The zero-order valence-electron chi connectivity index (χ0n) is 9.10. The third-order valence-electron chi connectivity index (χ3n) is 2.47. The molecular formula is C8H15NaO5S. The molecule has 84 valence electrons. The van der Waals surface area contributed by atoms with Crippen LogP contribution in [0.2, 0.25) is 0 Å². The van der Waals surface area contributed by atoms with Gasteiger partial charge in [-0.1, -0.05) is 13.3 Å². The molecule has 0 spiro atoms. The van der Waals surface area contributed by atoms with E-state index >= 15 is 0 Å². The molecule has 5 nitrogen and oxygen atoms in total. The normalized spacial score (nSPS) is 32.1. The molecule has 1 saturated heterocycles. The van der Waals surface area contributed by atoms with Crippen LogP contribution in [0.15, 0.2) is 0 Å². The minimum absolute atomic E-state index is 0. The van der Waals surface area contributed by atoms with Crippen molar-refractivity contribution in [1.82, 2.24) is 0 Å². The fourth-order valence-electron chi connectivity index (χ4n) is 1.64. The van der Waals surface area contributed by atoms with Crippen LogP contribution in [0.25, 0.3) is 0 Å². The first kappa shape index (κ1) is 15.8. The fraction of sp³-hybridized carbons (Fsp3) is 1.00. The van der Waals surface area contributed by atoms with E-state index < -0.39 is 15.1 Å². The summed E-state index contributed by atoms with van der Waals surface area (Å²) in [6.07, 6.45) is 0.950. The molecule has 2 atom stereocenters. The molecule has 0 aromatic carbocycles. The van der Waals surface area contributed by atoms with Crippen LogP contribution in [0.5, 0.6) is 0 Å². The predicted molar refractivity (Wildman–Crippen MR) is 48.5 cm³/mol. The molecule has 1 rings (SSSR count). The molecule has 0 amide bonds. The van der Waals surface area contributed by atoms with Crippen LogP contribution in [0.1, 0.15) is 32.6 Å². The molecule has 0 bridgehead atoms. The van der Waals surface area contributed by atoms with Crippen molar-refractivity contribution in [1.29, 1.82) is 0 Å². The van der Waals surface area contributed by atoms with E-state index in [4.69, 9.17) is 4.74 Å². The average molecular weight is 246 g/mol. The minimum atomic E-state index is -4.65. The summed E-state index contributed by atoms with van der Waals surface area (Å²) in [5, 5.41) is 9.62. The van der Waals surface area contributed by atoms with E-state index in [1.54, 1.807) is 0 Å². The number of rotatable bonds is 3. The van der Waals surface area contributed by atoms with E-state index in [1.807, 2.05) is 6.92 Å². The predicted octanol–water partition coefficient (Wildman–Crippen LogP) is -2.80. The minimum Gasteiger partial charge on any atom is -0.746 e. The van der Waals surface area contributed by atoms with E-state index in [2.05, 4.69) is 0 Å². The molecule has 0 radical (unpaired) electrons. The Morgan fingerprint density at radius 1 is 1.60 bits per heavy atom. The van der Waals surface area contributed by atoms with Crippen LogP contribution in [-0.2, 0) is 14.9 Å². The zero-order chi connectivity index (χ0) is 10.8. The van der Waals surface area contributed by atoms with Crippen LogP contribution < -0.4 is 29.6 Å². The van der Waals surface area contributed by atoms with Gasteiger partial charge in [0, 0.05) is 12.8 Å². The molecule has 7 heteroatoms. The van der Waals surface area contributed by atoms with E-state index in [9.17, 15) is 18.1 Å². The Labute approximate surface area is 112 Å². The summed E-state index contributed by atoms with van der Waals surface area (Å²) in [5.74, 6) is 0. The van der Waals surface area contributed by atoms with Crippen molar-refractivity contribution in [3.8, 4) is 0 Å². The van der Waals surface area contributed by atoms with E-state index in [-0.39, 0.29) is 55.1 Å². The Balaban J connectivity index is 0.00000196. The third-order valence-corrected chi connectivity index (χ3v) is 3.77. The molecule has 1 heterocycles. The quantitative estimate of drug-likeness (QED) is 0.429. The summed E-state index contributed by atoms with van der Waals surface area (Å²) in [4.78, 5) is -2.12. The monoisotopic (exact) mass is 246 g/mol. The van der Waals surface area contributed by atoms with Crippen molar-refractivity contribution < 1.29 is 52.4 Å². The average Bonchev–Trinajstić information content (AvgIpc) is 2.03. The Bertz CT molecular complexity index is 289. The molecule has 1 aliphatic rings. The smallest absolute Gasteiger partial charge is 0.746 e. The summed E-state index contributed by atoms with van der Waals surface area (Å²) in [6.45, 7) is 2.06. The SMILES string of the molecule is CCCC1CC(O)(S(=O)(=O)[O-])CCO1.[Na+]. The van der Waals surface area contributed by atoms with Crippen LogP contribution in [0.3, 0.4) is 0 Å². The Morgan fingerprint density at radius 2 is 2.20 bits per heavy atom. The maximum atomic E-state index is 10.8. The van der Waals surface area contributed by atoms with Gasteiger partial charge >= 0.3 is 29.6 Å². The van der Waals surface area contributed by atoms with Gasteiger partial charge in [-0.2, -0.15) is 0 Å². The van der Waals surface area contributed by atoms with Crippen molar-refractivity contribution >= 4 is 10.1 Å². The summed E-state index contributed by atoms with van der Waals surface area (Å²) < 4.78 is 37.6. The number of hydrogen-bond acceptors (Lipinski definition) is 5. The van der Waals surface area contributed by atoms with E-state index in [1.165, 1.54) is 0 Å². The Morgan fingerprint density at radius 3 is 2.67 bits per heavy atom. The van der Waals surface area contributed by atoms with Crippen molar-refractivity contribution in [2.24, 2.45) is 0 Å². The van der Waals surface area contributed by atoms with Crippen LogP contribution in [0.4, 0.5) is 0 Å². The van der Waals surface area contributed by atoms with Gasteiger partial charge in [0.1, 0.15) is 10.1 Å². The number of hydrogen-bond donors (Lipinski definition) is 1. The molecular weight excluding hydrogens is 231 g/mol. The van der Waals surface area contributed by atoms with E-state index in [0.29, 0.717) is 6.42 Å². The van der Waals surface area contributed by atoms with Gasteiger partial charge in [0.25, 0.3) is 0 Å². The Hall–Kier alpha value is 0.830. The van der Waals surface area contributed by atoms with Gasteiger partial charge < -0.3 is 14.4 Å². The van der Waals surface area contributed by atoms with Crippen LogP contribution >= 0.6 is 0 Å². The first-order valence-electron chi connectivity index (χ1n) is 4.68.